The van der Waals surface area contributed by atoms with Crippen LogP contribution in [0.3, 0.4) is 0 Å². The topological polar surface area (TPSA) is 20.2 Å². The Balaban J connectivity index is 3.06. The predicted octanol–water partition coefficient (Wildman–Crippen LogP) is 3.12. The maximum Gasteiger partial charge on any atom is 0.276 e. The van der Waals surface area contributed by atoms with Crippen LogP contribution < -0.4 is 0 Å². The highest BCUT2D eigenvalue weighted by molar-refractivity contribution is 6.31. The van der Waals surface area contributed by atoms with E-state index in [1.807, 2.05) is 0 Å². The van der Waals surface area contributed by atoms with Gasteiger partial charge in [-0.3, -0.25) is 0 Å². The molecule has 0 unspecified atom stereocenters. The number of hydrogen-bond acceptors (Lipinski definition) is 1. The zero-order valence-electron chi connectivity index (χ0n) is 7.73. The Morgan fingerprint density at radius 1 is 1.43 bits per heavy atom. The minimum Gasteiger partial charge on any atom is -0.396 e. The normalized spacial score (nSPS) is 11.8. The summed E-state index contributed by atoms with van der Waals surface area (Å²) in [5.41, 5.74) is 0.609. The van der Waals surface area contributed by atoms with Crippen molar-refractivity contribution in [2.24, 2.45) is 0 Å². The predicted molar refractivity (Wildman–Crippen MR) is 51.8 cm³/mol. The van der Waals surface area contributed by atoms with E-state index in [2.05, 4.69) is 0 Å². The van der Waals surface area contributed by atoms with Crippen molar-refractivity contribution < 1.29 is 13.9 Å². The van der Waals surface area contributed by atoms with Gasteiger partial charge in [0.05, 0.1) is 5.02 Å². The first kappa shape index (κ1) is 11.4. The summed E-state index contributed by atoms with van der Waals surface area (Å²) in [5, 5.41) is 8.53. The minimum atomic E-state index is -3.06. The van der Waals surface area contributed by atoms with Gasteiger partial charge in [0.15, 0.2) is 0 Å². The molecule has 78 valence electrons. The van der Waals surface area contributed by atoms with Crippen molar-refractivity contribution in [1.82, 2.24) is 0 Å². The first-order valence-corrected chi connectivity index (χ1v) is 4.60. The van der Waals surface area contributed by atoms with Crippen LogP contribution in [-0.2, 0) is 5.92 Å². The monoisotopic (exact) mass is 220 g/mol. The fraction of sp³-hybridized carbons (Fsp3) is 0.400. The fourth-order valence-corrected chi connectivity index (χ4v) is 1.57. The van der Waals surface area contributed by atoms with Crippen molar-refractivity contribution in [3.63, 3.8) is 0 Å². The van der Waals surface area contributed by atoms with Gasteiger partial charge in [0, 0.05) is 18.6 Å². The summed E-state index contributed by atoms with van der Waals surface area (Å²) in [5.74, 6) is -3.06. The van der Waals surface area contributed by atoms with Gasteiger partial charge >= 0.3 is 0 Å². The van der Waals surface area contributed by atoms with E-state index in [0.717, 1.165) is 5.56 Å². The van der Waals surface area contributed by atoms with Crippen molar-refractivity contribution in [2.75, 3.05) is 6.61 Å². The maximum absolute atomic E-state index is 13.3. The molecule has 1 N–H and O–H groups in total. The van der Waals surface area contributed by atoms with Gasteiger partial charge in [0.1, 0.15) is 0 Å². The second-order valence-electron chi connectivity index (χ2n) is 3.16. The van der Waals surface area contributed by atoms with E-state index in [1.165, 1.54) is 12.1 Å². The maximum atomic E-state index is 13.3. The largest absolute Gasteiger partial charge is 0.396 e. The van der Waals surface area contributed by atoms with Crippen LogP contribution in [0.2, 0.25) is 5.02 Å². The van der Waals surface area contributed by atoms with Crippen LogP contribution in [0.25, 0.3) is 0 Å². The summed E-state index contributed by atoms with van der Waals surface area (Å²) in [6, 6.07) is 4.36. The Morgan fingerprint density at radius 2 is 2.07 bits per heavy atom. The van der Waals surface area contributed by atoms with E-state index in [0.29, 0.717) is 0 Å². The molecule has 0 fully saturated rings. The summed E-state index contributed by atoms with van der Waals surface area (Å²) in [6.45, 7) is 1.22. The Kier molecular flexibility index (Phi) is 3.45. The molecule has 1 aromatic carbocycles. The molecule has 0 heterocycles. The summed E-state index contributed by atoms with van der Waals surface area (Å²) in [6.07, 6.45) is -0.601. The summed E-state index contributed by atoms with van der Waals surface area (Å²) >= 11 is 5.69. The van der Waals surface area contributed by atoms with E-state index in [1.54, 1.807) is 13.0 Å². The molecule has 14 heavy (non-hydrogen) atoms. The van der Waals surface area contributed by atoms with Crippen molar-refractivity contribution in [3.05, 3.63) is 34.3 Å². The highest BCUT2D eigenvalue weighted by Crippen LogP contribution is 2.36. The number of rotatable bonds is 3. The molecule has 1 aromatic rings. The molecule has 0 aromatic heterocycles. The molecule has 0 radical (unpaired) electrons. The van der Waals surface area contributed by atoms with Gasteiger partial charge < -0.3 is 5.11 Å². The van der Waals surface area contributed by atoms with Crippen molar-refractivity contribution in [2.45, 2.75) is 19.3 Å². The molecule has 0 amide bonds. The standard InChI is InChI=1S/C10H11ClF2O/c1-7-2-3-8(9(11)6-7)10(12,13)4-5-14/h2-3,6,14H,4-5H2,1H3. The molecular formula is C10H11ClF2O. The smallest absolute Gasteiger partial charge is 0.276 e. The summed E-state index contributed by atoms with van der Waals surface area (Å²) in [7, 11) is 0. The van der Waals surface area contributed by atoms with E-state index >= 15 is 0 Å². The minimum absolute atomic E-state index is 0.0449. The second kappa shape index (κ2) is 4.24. The lowest BCUT2D eigenvalue weighted by Gasteiger charge is -2.16. The molecule has 0 bridgehead atoms. The third-order valence-electron chi connectivity index (χ3n) is 1.94. The summed E-state index contributed by atoms with van der Waals surface area (Å²) in [4.78, 5) is 0. The SMILES string of the molecule is Cc1ccc(C(F)(F)CCO)c(Cl)c1. The van der Waals surface area contributed by atoms with Crippen LogP contribution >= 0.6 is 11.6 Å². The lowest BCUT2D eigenvalue weighted by Crippen LogP contribution is -2.15. The lowest BCUT2D eigenvalue weighted by atomic mass is 10.0. The average molecular weight is 221 g/mol. The molecule has 1 nitrogen and oxygen atoms in total. The van der Waals surface area contributed by atoms with Gasteiger partial charge in [-0.05, 0) is 18.6 Å². The number of aliphatic hydroxyl groups excluding tert-OH is 1. The zero-order valence-corrected chi connectivity index (χ0v) is 8.48. The summed E-state index contributed by atoms with van der Waals surface area (Å²) < 4.78 is 26.6. The number of hydrogen-bond donors (Lipinski definition) is 1. The third-order valence-corrected chi connectivity index (χ3v) is 2.26. The first-order chi connectivity index (χ1) is 6.47. The van der Waals surface area contributed by atoms with E-state index < -0.39 is 19.0 Å². The molecule has 0 aliphatic carbocycles. The van der Waals surface area contributed by atoms with Crippen LogP contribution in [0.5, 0.6) is 0 Å². The zero-order chi connectivity index (χ0) is 10.8. The van der Waals surface area contributed by atoms with E-state index in [4.69, 9.17) is 16.7 Å². The van der Waals surface area contributed by atoms with Crippen molar-refractivity contribution >= 4 is 11.6 Å². The third kappa shape index (κ3) is 2.42. The number of aliphatic hydroxyl groups is 1. The first-order valence-electron chi connectivity index (χ1n) is 4.22. The van der Waals surface area contributed by atoms with Gasteiger partial charge in [-0.25, -0.2) is 8.78 Å². The quantitative estimate of drug-likeness (QED) is 0.830. The van der Waals surface area contributed by atoms with Crippen LogP contribution in [0.15, 0.2) is 18.2 Å². The average Bonchev–Trinajstić information content (AvgIpc) is 2.02. The molecular weight excluding hydrogens is 210 g/mol. The molecule has 4 heteroatoms. The van der Waals surface area contributed by atoms with Gasteiger partial charge in [-0.1, -0.05) is 23.7 Å². The number of benzene rings is 1. The van der Waals surface area contributed by atoms with Crippen LogP contribution in [0, 0.1) is 6.92 Å². The van der Waals surface area contributed by atoms with Gasteiger partial charge in [-0.2, -0.15) is 0 Å². The molecule has 0 atom stereocenters. The molecule has 0 aliphatic rings. The van der Waals surface area contributed by atoms with Crippen molar-refractivity contribution in [1.29, 1.82) is 0 Å². The highest BCUT2D eigenvalue weighted by atomic mass is 35.5. The fourth-order valence-electron chi connectivity index (χ4n) is 1.19. The van der Waals surface area contributed by atoms with Gasteiger partial charge in [0.25, 0.3) is 5.92 Å². The van der Waals surface area contributed by atoms with Crippen LogP contribution in [0.1, 0.15) is 17.5 Å². The number of aryl methyl sites for hydroxylation is 1. The molecule has 0 saturated carbocycles. The highest BCUT2D eigenvalue weighted by Gasteiger charge is 2.32. The lowest BCUT2D eigenvalue weighted by molar-refractivity contribution is -0.0268. The number of halogens is 3. The molecule has 0 spiro atoms. The van der Waals surface area contributed by atoms with Gasteiger partial charge in [-0.15, -0.1) is 0 Å². The second-order valence-corrected chi connectivity index (χ2v) is 3.57. The van der Waals surface area contributed by atoms with E-state index in [9.17, 15) is 8.78 Å². The Hall–Kier alpha value is -0.670. The van der Waals surface area contributed by atoms with E-state index in [-0.39, 0.29) is 10.6 Å². The van der Waals surface area contributed by atoms with Crippen LogP contribution in [-0.4, -0.2) is 11.7 Å². The van der Waals surface area contributed by atoms with Gasteiger partial charge in [0.2, 0.25) is 0 Å². The Labute approximate surface area is 86.3 Å². The Morgan fingerprint density at radius 3 is 2.57 bits per heavy atom. The Bertz CT molecular complexity index is 326. The molecule has 0 saturated heterocycles. The number of alkyl halides is 2. The molecule has 1 rings (SSSR count). The van der Waals surface area contributed by atoms with Crippen LogP contribution in [0.4, 0.5) is 8.78 Å². The van der Waals surface area contributed by atoms with Crippen molar-refractivity contribution in [3.8, 4) is 0 Å². The molecule has 0 aliphatic heterocycles.